The molecule has 1 aliphatic heterocycles. The van der Waals surface area contributed by atoms with Crippen molar-refractivity contribution in [3.63, 3.8) is 0 Å². The van der Waals surface area contributed by atoms with Gasteiger partial charge in [-0.15, -0.1) is 0 Å². The molecule has 0 spiro atoms. The standard InChI is InChI=1S/C21H20N2O3/c24-21(12-10-16-9-11-18-19(14-16)26-15-25-18)23(17-6-2-1-3-7-17)20-8-4-5-13-22-20/h4-5,8-9,11,13-14,17H,1-3,6-7,15H2. The highest BCUT2D eigenvalue weighted by molar-refractivity contribution is 6.06. The smallest absolute Gasteiger partial charge is 0.304 e. The summed E-state index contributed by atoms with van der Waals surface area (Å²) in [6, 6.07) is 11.2. The highest BCUT2D eigenvalue weighted by atomic mass is 16.7. The number of fused-ring (bicyclic) bond motifs is 1. The Bertz CT molecular complexity index is 849. The summed E-state index contributed by atoms with van der Waals surface area (Å²) in [5, 5.41) is 0. The maximum atomic E-state index is 12.9. The van der Waals surface area contributed by atoms with E-state index in [4.69, 9.17) is 9.47 Å². The van der Waals surface area contributed by atoms with Crippen LogP contribution in [0.1, 0.15) is 37.7 Å². The molecular formula is C21H20N2O3. The monoisotopic (exact) mass is 348 g/mol. The number of nitrogens with zero attached hydrogens (tertiary/aromatic N) is 2. The number of amides is 1. The molecule has 2 aromatic rings. The van der Waals surface area contributed by atoms with Crippen LogP contribution in [0.2, 0.25) is 0 Å². The summed E-state index contributed by atoms with van der Waals surface area (Å²) in [6.45, 7) is 0.223. The number of hydrogen-bond donors (Lipinski definition) is 0. The van der Waals surface area contributed by atoms with Crippen LogP contribution in [0.25, 0.3) is 0 Å². The number of ether oxygens (including phenoxy) is 2. The number of pyridine rings is 1. The van der Waals surface area contributed by atoms with Crippen LogP contribution in [0.4, 0.5) is 5.82 Å². The van der Waals surface area contributed by atoms with E-state index in [2.05, 4.69) is 16.8 Å². The van der Waals surface area contributed by atoms with Gasteiger partial charge in [0.2, 0.25) is 6.79 Å². The van der Waals surface area contributed by atoms with Crippen LogP contribution in [-0.2, 0) is 4.79 Å². The molecule has 5 heteroatoms. The van der Waals surface area contributed by atoms with Gasteiger partial charge in [-0.05, 0) is 43.2 Å². The lowest BCUT2D eigenvalue weighted by Crippen LogP contribution is -2.41. The molecule has 0 N–H and O–H groups in total. The highest BCUT2D eigenvalue weighted by Crippen LogP contribution is 2.32. The largest absolute Gasteiger partial charge is 0.454 e. The molecule has 0 bridgehead atoms. The molecule has 1 amide bonds. The van der Waals surface area contributed by atoms with Crippen molar-refractivity contribution < 1.29 is 14.3 Å². The Hall–Kier alpha value is -3.00. The molecule has 26 heavy (non-hydrogen) atoms. The Morgan fingerprint density at radius 1 is 1.08 bits per heavy atom. The predicted octanol–water partition coefficient (Wildman–Crippen LogP) is 3.53. The predicted molar refractivity (Wildman–Crippen MR) is 98.0 cm³/mol. The van der Waals surface area contributed by atoms with Crippen LogP contribution < -0.4 is 14.4 Å². The second-order valence-electron chi connectivity index (χ2n) is 6.47. The lowest BCUT2D eigenvalue weighted by Gasteiger charge is -2.32. The molecule has 5 nitrogen and oxygen atoms in total. The van der Waals surface area contributed by atoms with Crippen LogP contribution in [0.5, 0.6) is 11.5 Å². The van der Waals surface area contributed by atoms with Gasteiger partial charge in [0, 0.05) is 23.7 Å². The Labute approximate surface area is 152 Å². The minimum Gasteiger partial charge on any atom is -0.454 e. The molecule has 2 heterocycles. The van der Waals surface area contributed by atoms with E-state index in [9.17, 15) is 4.79 Å². The summed E-state index contributed by atoms with van der Waals surface area (Å²) in [6.07, 6.45) is 7.20. The molecule has 1 aliphatic carbocycles. The second-order valence-corrected chi connectivity index (χ2v) is 6.47. The van der Waals surface area contributed by atoms with Crippen LogP contribution in [0.3, 0.4) is 0 Å². The number of carbonyl (C=O) groups excluding carboxylic acids is 1. The van der Waals surface area contributed by atoms with Gasteiger partial charge in [0.15, 0.2) is 11.5 Å². The van der Waals surface area contributed by atoms with Crippen molar-refractivity contribution in [3.05, 3.63) is 48.2 Å². The highest BCUT2D eigenvalue weighted by Gasteiger charge is 2.26. The number of aromatic nitrogens is 1. The molecule has 1 aromatic heterocycles. The first-order chi connectivity index (χ1) is 12.8. The number of hydrogen-bond acceptors (Lipinski definition) is 4. The fraction of sp³-hybridized carbons (Fsp3) is 0.333. The lowest BCUT2D eigenvalue weighted by molar-refractivity contribution is -0.114. The third kappa shape index (κ3) is 3.50. The third-order valence-corrected chi connectivity index (χ3v) is 4.74. The molecule has 0 atom stereocenters. The van der Waals surface area contributed by atoms with Gasteiger partial charge in [-0.3, -0.25) is 9.69 Å². The van der Waals surface area contributed by atoms with E-state index in [1.165, 1.54) is 6.42 Å². The summed E-state index contributed by atoms with van der Waals surface area (Å²) in [5.41, 5.74) is 0.729. The second kappa shape index (κ2) is 7.49. The van der Waals surface area contributed by atoms with Gasteiger partial charge in [0.25, 0.3) is 0 Å². The number of rotatable bonds is 2. The van der Waals surface area contributed by atoms with Gasteiger partial charge in [-0.2, -0.15) is 0 Å². The molecule has 1 fully saturated rings. The van der Waals surface area contributed by atoms with Crippen molar-refractivity contribution in [2.75, 3.05) is 11.7 Å². The van der Waals surface area contributed by atoms with E-state index in [0.717, 1.165) is 31.2 Å². The van der Waals surface area contributed by atoms with Crippen molar-refractivity contribution in [3.8, 4) is 23.3 Å². The Balaban J connectivity index is 1.59. The van der Waals surface area contributed by atoms with Crippen molar-refractivity contribution in [2.24, 2.45) is 0 Å². The van der Waals surface area contributed by atoms with E-state index in [1.54, 1.807) is 17.2 Å². The third-order valence-electron chi connectivity index (χ3n) is 4.74. The molecule has 132 valence electrons. The average molecular weight is 348 g/mol. The molecule has 0 saturated heterocycles. The van der Waals surface area contributed by atoms with Gasteiger partial charge in [-0.25, -0.2) is 4.98 Å². The molecule has 0 unspecified atom stereocenters. The molecule has 1 aromatic carbocycles. The normalized spacial score (nSPS) is 15.8. The van der Waals surface area contributed by atoms with Crippen LogP contribution in [-0.4, -0.2) is 23.7 Å². The van der Waals surface area contributed by atoms with Crippen LogP contribution in [0.15, 0.2) is 42.6 Å². The summed E-state index contributed by atoms with van der Waals surface area (Å²) in [5.74, 6) is 7.57. The Morgan fingerprint density at radius 3 is 2.73 bits per heavy atom. The van der Waals surface area contributed by atoms with E-state index >= 15 is 0 Å². The van der Waals surface area contributed by atoms with E-state index in [0.29, 0.717) is 17.3 Å². The van der Waals surface area contributed by atoms with E-state index < -0.39 is 0 Å². The summed E-state index contributed by atoms with van der Waals surface area (Å²) in [4.78, 5) is 19.0. The summed E-state index contributed by atoms with van der Waals surface area (Å²) >= 11 is 0. The minimum atomic E-state index is -0.215. The van der Waals surface area contributed by atoms with Gasteiger partial charge in [0.05, 0.1) is 0 Å². The minimum absolute atomic E-state index is 0.164. The molecule has 1 saturated carbocycles. The molecular weight excluding hydrogens is 328 g/mol. The first kappa shape index (κ1) is 16.5. The van der Waals surface area contributed by atoms with Crippen LogP contribution in [0, 0.1) is 11.8 Å². The number of carbonyl (C=O) groups is 1. The zero-order chi connectivity index (χ0) is 17.8. The SMILES string of the molecule is O=C(C#Cc1ccc2c(c1)OCO2)N(c1ccccn1)C1CCCCC1. The maximum absolute atomic E-state index is 12.9. The zero-order valence-electron chi connectivity index (χ0n) is 14.5. The number of anilines is 1. The molecule has 4 rings (SSSR count). The molecule has 0 radical (unpaired) electrons. The van der Waals surface area contributed by atoms with Crippen molar-refractivity contribution in [2.45, 2.75) is 38.1 Å². The van der Waals surface area contributed by atoms with Gasteiger partial charge in [-0.1, -0.05) is 31.2 Å². The fourth-order valence-corrected chi connectivity index (χ4v) is 3.45. The lowest BCUT2D eigenvalue weighted by atomic mass is 9.94. The van der Waals surface area contributed by atoms with Crippen LogP contribution >= 0.6 is 0 Å². The first-order valence-electron chi connectivity index (χ1n) is 8.97. The summed E-state index contributed by atoms with van der Waals surface area (Å²) in [7, 11) is 0. The van der Waals surface area contributed by atoms with Crippen molar-refractivity contribution >= 4 is 11.7 Å². The topological polar surface area (TPSA) is 51.7 Å². The zero-order valence-corrected chi connectivity index (χ0v) is 14.5. The van der Waals surface area contributed by atoms with E-state index in [-0.39, 0.29) is 18.7 Å². The van der Waals surface area contributed by atoms with Gasteiger partial charge < -0.3 is 9.47 Å². The summed E-state index contributed by atoms with van der Waals surface area (Å²) < 4.78 is 10.7. The van der Waals surface area contributed by atoms with Gasteiger partial charge >= 0.3 is 5.91 Å². The van der Waals surface area contributed by atoms with Gasteiger partial charge in [0.1, 0.15) is 5.82 Å². The Morgan fingerprint density at radius 2 is 1.92 bits per heavy atom. The molecule has 2 aliphatic rings. The van der Waals surface area contributed by atoms with Crippen molar-refractivity contribution in [1.82, 2.24) is 4.98 Å². The van der Waals surface area contributed by atoms with E-state index in [1.807, 2.05) is 30.3 Å². The Kier molecular flexibility index (Phi) is 4.74. The first-order valence-corrected chi connectivity index (χ1v) is 8.97. The maximum Gasteiger partial charge on any atom is 0.304 e. The van der Waals surface area contributed by atoms with Crippen molar-refractivity contribution in [1.29, 1.82) is 0 Å². The average Bonchev–Trinajstić information content (AvgIpc) is 3.16. The number of benzene rings is 1. The quantitative estimate of drug-likeness (QED) is 0.779. The fourth-order valence-electron chi connectivity index (χ4n) is 3.45.